The minimum Gasteiger partial charge on any atom is -0.305 e. The van der Waals surface area contributed by atoms with Crippen molar-refractivity contribution in [2.75, 3.05) is 20.1 Å². The lowest BCUT2D eigenvalue weighted by molar-refractivity contribution is 0.292. The first-order valence-electron chi connectivity index (χ1n) is 9.13. The summed E-state index contributed by atoms with van der Waals surface area (Å²) in [4.78, 5) is 2.44. The fraction of sp³-hybridized carbons (Fsp3) is 0.619. The van der Waals surface area contributed by atoms with E-state index in [2.05, 4.69) is 50.6 Å². The van der Waals surface area contributed by atoms with Gasteiger partial charge in [0.1, 0.15) is 0 Å². The maximum Gasteiger partial charge on any atom is 0.0173 e. The second-order valence-electron chi connectivity index (χ2n) is 6.92. The lowest BCUT2D eigenvalue weighted by atomic mass is 9.84. The van der Waals surface area contributed by atoms with E-state index in [1.165, 1.54) is 48.8 Å². The summed E-state index contributed by atoms with van der Waals surface area (Å²) in [6.45, 7) is 11.2. The fourth-order valence-corrected chi connectivity index (χ4v) is 3.56. The molecule has 1 unspecified atom stereocenters. The zero-order valence-corrected chi connectivity index (χ0v) is 14.8. The summed E-state index contributed by atoms with van der Waals surface area (Å²) in [5.74, 6) is 0.527. The minimum atomic E-state index is 0.527. The van der Waals surface area contributed by atoms with E-state index >= 15 is 0 Å². The third-order valence-corrected chi connectivity index (χ3v) is 5.11. The molecule has 1 fully saturated rings. The molecule has 0 aromatic heterocycles. The molecule has 122 valence electrons. The van der Waals surface area contributed by atoms with Gasteiger partial charge in [0.15, 0.2) is 0 Å². The molecule has 0 spiro atoms. The van der Waals surface area contributed by atoms with Crippen LogP contribution in [0.2, 0.25) is 0 Å². The van der Waals surface area contributed by atoms with Crippen molar-refractivity contribution in [3.05, 3.63) is 47.0 Å². The van der Waals surface area contributed by atoms with E-state index in [4.69, 9.17) is 0 Å². The molecular formula is C21H33N. The molecule has 0 amide bonds. The van der Waals surface area contributed by atoms with Gasteiger partial charge in [-0.3, -0.25) is 0 Å². The van der Waals surface area contributed by atoms with Gasteiger partial charge in [-0.15, -0.1) is 0 Å². The predicted octanol–water partition coefficient (Wildman–Crippen LogP) is 5.35. The summed E-state index contributed by atoms with van der Waals surface area (Å²) in [6, 6.07) is 7.20. The van der Waals surface area contributed by atoms with Gasteiger partial charge in [-0.1, -0.05) is 63.5 Å². The molecular weight excluding hydrogens is 266 g/mol. The van der Waals surface area contributed by atoms with Crippen LogP contribution < -0.4 is 0 Å². The maximum atomic E-state index is 4.34. The van der Waals surface area contributed by atoms with Gasteiger partial charge in [0.25, 0.3) is 0 Å². The van der Waals surface area contributed by atoms with Gasteiger partial charge in [-0.25, -0.2) is 0 Å². The molecule has 0 radical (unpaired) electrons. The number of piperidine rings is 1. The third kappa shape index (κ3) is 4.46. The third-order valence-electron chi connectivity index (χ3n) is 5.11. The second kappa shape index (κ2) is 8.53. The molecule has 1 aromatic carbocycles. The average molecular weight is 300 g/mol. The molecule has 0 aliphatic carbocycles. The number of aryl methyl sites for hydroxylation is 2. The summed E-state index contributed by atoms with van der Waals surface area (Å²) < 4.78 is 0. The van der Waals surface area contributed by atoms with E-state index in [0.717, 1.165) is 25.9 Å². The number of rotatable bonds is 7. The normalized spacial score (nSPS) is 19.6. The van der Waals surface area contributed by atoms with Crippen LogP contribution in [0.15, 0.2) is 30.4 Å². The first-order chi connectivity index (χ1) is 10.7. The van der Waals surface area contributed by atoms with Gasteiger partial charge >= 0.3 is 0 Å². The molecule has 1 aliphatic rings. The summed E-state index contributed by atoms with van der Waals surface area (Å²) in [7, 11) is 2.23. The molecule has 2 rings (SSSR count). The lowest BCUT2D eigenvalue weighted by Crippen LogP contribution is -2.32. The SMILES string of the molecule is C=C1CCN(C)CC1c1ccc(CC)c(CCCCCC)c1. The highest BCUT2D eigenvalue weighted by Gasteiger charge is 2.22. The molecule has 22 heavy (non-hydrogen) atoms. The largest absolute Gasteiger partial charge is 0.305 e. The second-order valence-corrected chi connectivity index (χ2v) is 6.92. The van der Waals surface area contributed by atoms with Crippen molar-refractivity contribution in [3.63, 3.8) is 0 Å². The van der Waals surface area contributed by atoms with E-state index in [1.807, 2.05) is 0 Å². The number of benzene rings is 1. The summed E-state index contributed by atoms with van der Waals surface area (Å²) in [6.07, 6.45) is 8.91. The van der Waals surface area contributed by atoms with Crippen LogP contribution in [0.4, 0.5) is 0 Å². The molecule has 1 heterocycles. The van der Waals surface area contributed by atoms with E-state index in [-0.39, 0.29) is 0 Å². The fourth-order valence-electron chi connectivity index (χ4n) is 3.56. The first kappa shape index (κ1) is 17.3. The Morgan fingerprint density at radius 3 is 2.68 bits per heavy atom. The Hall–Kier alpha value is -1.08. The van der Waals surface area contributed by atoms with Crippen LogP contribution in [0.3, 0.4) is 0 Å². The molecule has 1 aliphatic heterocycles. The highest BCUT2D eigenvalue weighted by atomic mass is 15.1. The highest BCUT2D eigenvalue weighted by molar-refractivity contribution is 5.38. The zero-order valence-electron chi connectivity index (χ0n) is 14.8. The summed E-state index contributed by atoms with van der Waals surface area (Å²) in [5, 5.41) is 0. The van der Waals surface area contributed by atoms with Crippen molar-refractivity contribution >= 4 is 0 Å². The van der Waals surface area contributed by atoms with Crippen LogP contribution in [-0.2, 0) is 12.8 Å². The van der Waals surface area contributed by atoms with Crippen LogP contribution >= 0.6 is 0 Å². The van der Waals surface area contributed by atoms with E-state index in [1.54, 1.807) is 5.56 Å². The molecule has 0 bridgehead atoms. The first-order valence-corrected chi connectivity index (χ1v) is 9.13. The molecule has 1 heteroatoms. The van der Waals surface area contributed by atoms with Gasteiger partial charge < -0.3 is 4.90 Å². The van der Waals surface area contributed by atoms with Crippen LogP contribution in [0.5, 0.6) is 0 Å². The smallest absolute Gasteiger partial charge is 0.0173 e. The molecule has 0 saturated carbocycles. The van der Waals surface area contributed by atoms with Crippen LogP contribution in [0, 0.1) is 0 Å². The summed E-state index contributed by atoms with van der Waals surface area (Å²) in [5.41, 5.74) is 6.02. The topological polar surface area (TPSA) is 3.24 Å². The number of hydrogen-bond acceptors (Lipinski definition) is 1. The Kier molecular flexibility index (Phi) is 6.70. The molecule has 1 nitrogen and oxygen atoms in total. The van der Waals surface area contributed by atoms with Gasteiger partial charge in [-0.05, 0) is 49.4 Å². The van der Waals surface area contributed by atoms with Crippen LogP contribution in [0.25, 0.3) is 0 Å². The van der Waals surface area contributed by atoms with Crippen LogP contribution in [0.1, 0.15) is 68.6 Å². The number of unbranched alkanes of at least 4 members (excludes halogenated alkanes) is 3. The lowest BCUT2D eigenvalue weighted by Gasteiger charge is -2.32. The van der Waals surface area contributed by atoms with Crippen molar-refractivity contribution in [1.82, 2.24) is 4.90 Å². The van der Waals surface area contributed by atoms with Crippen molar-refractivity contribution in [1.29, 1.82) is 0 Å². The standard InChI is InChI=1S/C21H33N/c1-5-7-8-9-10-19-15-20(12-11-18(19)6-2)21-16-22(4)14-13-17(21)3/h11-12,15,21H,3,5-10,13-14,16H2,1-2,4H3. The number of likely N-dealkylation sites (tertiary alicyclic amines) is 1. The quantitative estimate of drug-likeness (QED) is 0.485. The summed E-state index contributed by atoms with van der Waals surface area (Å²) >= 11 is 0. The minimum absolute atomic E-state index is 0.527. The van der Waals surface area contributed by atoms with Gasteiger partial charge in [0.05, 0.1) is 0 Å². The van der Waals surface area contributed by atoms with E-state index in [0.29, 0.717) is 5.92 Å². The number of likely N-dealkylation sites (N-methyl/N-ethyl adjacent to an activating group) is 1. The Morgan fingerprint density at radius 1 is 1.14 bits per heavy atom. The Bertz CT molecular complexity index is 489. The number of hydrogen-bond donors (Lipinski definition) is 0. The van der Waals surface area contributed by atoms with Crippen molar-refractivity contribution in [2.45, 2.75) is 64.7 Å². The van der Waals surface area contributed by atoms with Crippen molar-refractivity contribution < 1.29 is 0 Å². The molecule has 1 aromatic rings. The van der Waals surface area contributed by atoms with Gasteiger partial charge in [0, 0.05) is 19.0 Å². The van der Waals surface area contributed by atoms with Gasteiger partial charge in [0.2, 0.25) is 0 Å². The Balaban J connectivity index is 2.13. The van der Waals surface area contributed by atoms with E-state index in [9.17, 15) is 0 Å². The highest BCUT2D eigenvalue weighted by Crippen LogP contribution is 2.31. The molecule has 1 atom stereocenters. The Morgan fingerprint density at radius 2 is 1.95 bits per heavy atom. The average Bonchev–Trinajstić information content (AvgIpc) is 2.53. The predicted molar refractivity (Wildman–Crippen MR) is 97.7 cm³/mol. The zero-order chi connectivity index (χ0) is 15.9. The van der Waals surface area contributed by atoms with Crippen molar-refractivity contribution in [2.24, 2.45) is 0 Å². The maximum absolute atomic E-state index is 4.34. The number of nitrogens with zero attached hydrogens (tertiary/aromatic N) is 1. The molecule has 1 saturated heterocycles. The van der Waals surface area contributed by atoms with E-state index < -0.39 is 0 Å². The van der Waals surface area contributed by atoms with Crippen molar-refractivity contribution in [3.8, 4) is 0 Å². The monoisotopic (exact) mass is 299 g/mol. The van der Waals surface area contributed by atoms with Crippen LogP contribution in [-0.4, -0.2) is 25.0 Å². The van der Waals surface area contributed by atoms with Gasteiger partial charge in [-0.2, -0.15) is 0 Å². The Labute approximate surface area is 137 Å². The molecule has 0 N–H and O–H groups in total.